The number of urea groups is 1. The van der Waals surface area contributed by atoms with Crippen molar-refractivity contribution < 1.29 is 9.59 Å². The molecule has 2 aromatic rings. The molecule has 24 heavy (non-hydrogen) atoms. The second kappa shape index (κ2) is 5.82. The van der Waals surface area contributed by atoms with Gasteiger partial charge in [0.25, 0.3) is 5.91 Å². The smallest absolute Gasteiger partial charge is 0.319 e. The fourth-order valence-corrected chi connectivity index (χ4v) is 2.79. The van der Waals surface area contributed by atoms with Crippen LogP contribution in [0.15, 0.2) is 48.5 Å². The first-order chi connectivity index (χ1) is 11.4. The molecule has 5 nitrogen and oxygen atoms in total. The molecular formula is C19H17N3O2. The number of nitrogens with one attached hydrogen (secondary N) is 1. The van der Waals surface area contributed by atoms with Crippen LogP contribution >= 0.6 is 0 Å². The molecule has 0 saturated carbocycles. The molecule has 1 heterocycles. The van der Waals surface area contributed by atoms with Crippen molar-refractivity contribution in [2.75, 3.05) is 0 Å². The van der Waals surface area contributed by atoms with E-state index in [2.05, 4.69) is 5.32 Å². The lowest BCUT2D eigenvalue weighted by Crippen LogP contribution is -2.40. The fourth-order valence-electron chi connectivity index (χ4n) is 2.79. The monoisotopic (exact) mass is 319 g/mol. The van der Waals surface area contributed by atoms with Gasteiger partial charge in [0.05, 0.1) is 18.2 Å². The Morgan fingerprint density at radius 2 is 1.71 bits per heavy atom. The van der Waals surface area contributed by atoms with Gasteiger partial charge < -0.3 is 5.32 Å². The van der Waals surface area contributed by atoms with Gasteiger partial charge in [0.1, 0.15) is 5.54 Å². The molecule has 1 N–H and O–H groups in total. The molecule has 120 valence electrons. The van der Waals surface area contributed by atoms with Crippen LogP contribution in [0, 0.1) is 18.3 Å². The van der Waals surface area contributed by atoms with Gasteiger partial charge >= 0.3 is 6.03 Å². The number of aryl methyl sites for hydroxylation is 1. The van der Waals surface area contributed by atoms with Crippen molar-refractivity contribution in [3.8, 4) is 6.07 Å². The first-order valence-corrected chi connectivity index (χ1v) is 7.64. The normalized spacial score (nSPS) is 20.0. The molecule has 0 radical (unpaired) electrons. The number of nitriles is 1. The Kier molecular flexibility index (Phi) is 3.82. The molecule has 0 unspecified atom stereocenters. The van der Waals surface area contributed by atoms with E-state index in [-0.39, 0.29) is 12.5 Å². The van der Waals surface area contributed by atoms with Crippen molar-refractivity contribution in [3.63, 3.8) is 0 Å². The van der Waals surface area contributed by atoms with Crippen LogP contribution in [0.5, 0.6) is 0 Å². The van der Waals surface area contributed by atoms with Gasteiger partial charge in [-0.25, -0.2) is 4.79 Å². The van der Waals surface area contributed by atoms with Gasteiger partial charge in [0.15, 0.2) is 0 Å². The predicted octanol–water partition coefficient (Wildman–Crippen LogP) is 2.83. The van der Waals surface area contributed by atoms with E-state index < -0.39 is 11.6 Å². The zero-order valence-corrected chi connectivity index (χ0v) is 13.5. The number of rotatable bonds is 3. The second-order valence-electron chi connectivity index (χ2n) is 6.12. The lowest BCUT2D eigenvalue weighted by Gasteiger charge is -2.22. The number of hydrogen-bond donors (Lipinski definition) is 1. The number of benzene rings is 2. The van der Waals surface area contributed by atoms with E-state index >= 15 is 0 Å². The summed E-state index contributed by atoms with van der Waals surface area (Å²) >= 11 is 0. The quantitative estimate of drug-likeness (QED) is 0.884. The van der Waals surface area contributed by atoms with E-state index in [4.69, 9.17) is 5.26 Å². The maximum absolute atomic E-state index is 12.8. The Hall–Kier alpha value is -3.13. The Labute approximate surface area is 140 Å². The van der Waals surface area contributed by atoms with E-state index in [1.54, 1.807) is 31.2 Å². The van der Waals surface area contributed by atoms with E-state index in [1.165, 1.54) is 4.90 Å². The molecule has 1 atom stereocenters. The highest BCUT2D eigenvalue weighted by Gasteiger charge is 2.48. The minimum Gasteiger partial charge on any atom is -0.319 e. The van der Waals surface area contributed by atoms with Crippen molar-refractivity contribution in [3.05, 3.63) is 70.8 Å². The zero-order valence-electron chi connectivity index (χ0n) is 13.5. The van der Waals surface area contributed by atoms with Crippen LogP contribution in [-0.2, 0) is 16.9 Å². The minimum atomic E-state index is -1.12. The average Bonchev–Trinajstić information content (AvgIpc) is 2.81. The Morgan fingerprint density at radius 1 is 1.08 bits per heavy atom. The standard InChI is InChI=1S/C19H17N3O2/c1-13-3-5-15(6-4-13)12-22-17(23)19(2,21-18(22)24)16-9-7-14(11-20)8-10-16/h3-10H,12H2,1-2H3,(H,21,24)/t19-/m0/s1. The topological polar surface area (TPSA) is 73.2 Å². The Balaban J connectivity index is 1.87. The number of carbonyl (C=O) groups excluding carboxylic acids is 2. The summed E-state index contributed by atoms with van der Waals surface area (Å²) in [4.78, 5) is 26.4. The summed E-state index contributed by atoms with van der Waals surface area (Å²) < 4.78 is 0. The molecule has 0 aromatic heterocycles. The summed E-state index contributed by atoms with van der Waals surface area (Å²) in [5.74, 6) is -0.294. The van der Waals surface area contributed by atoms with Crippen LogP contribution in [0.3, 0.4) is 0 Å². The highest BCUT2D eigenvalue weighted by atomic mass is 16.2. The summed E-state index contributed by atoms with van der Waals surface area (Å²) in [6.45, 7) is 3.90. The third kappa shape index (κ3) is 2.63. The third-order valence-electron chi connectivity index (χ3n) is 4.33. The molecule has 0 bridgehead atoms. The molecule has 1 fully saturated rings. The lowest BCUT2D eigenvalue weighted by molar-refractivity contribution is -0.131. The highest BCUT2D eigenvalue weighted by molar-refractivity contribution is 6.07. The van der Waals surface area contributed by atoms with E-state index in [1.807, 2.05) is 37.3 Å². The first-order valence-electron chi connectivity index (χ1n) is 7.64. The minimum absolute atomic E-state index is 0.233. The zero-order chi connectivity index (χ0) is 17.3. The summed E-state index contributed by atoms with van der Waals surface area (Å²) in [7, 11) is 0. The van der Waals surface area contributed by atoms with E-state index in [0.29, 0.717) is 11.1 Å². The van der Waals surface area contributed by atoms with Crippen LogP contribution in [-0.4, -0.2) is 16.8 Å². The van der Waals surface area contributed by atoms with Crippen LogP contribution in [0.4, 0.5) is 4.79 Å². The second-order valence-corrected chi connectivity index (χ2v) is 6.12. The number of hydrogen-bond acceptors (Lipinski definition) is 3. The van der Waals surface area contributed by atoms with E-state index in [0.717, 1.165) is 11.1 Å². The predicted molar refractivity (Wildman–Crippen MR) is 88.8 cm³/mol. The molecule has 1 aliphatic rings. The Bertz CT molecular complexity index is 834. The lowest BCUT2D eigenvalue weighted by atomic mass is 9.91. The summed E-state index contributed by atoms with van der Waals surface area (Å²) in [6, 6.07) is 16.0. The van der Waals surface area contributed by atoms with Crippen molar-refractivity contribution in [1.82, 2.24) is 10.2 Å². The molecule has 0 aliphatic carbocycles. The van der Waals surface area contributed by atoms with Crippen molar-refractivity contribution in [1.29, 1.82) is 5.26 Å². The molecule has 0 spiro atoms. The van der Waals surface area contributed by atoms with Crippen LogP contribution in [0.1, 0.15) is 29.2 Å². The van der Waals surface area contributed by atoms with Crippen LogP contribution in [0.2, 0.25) is 0 Å². The average molecular weight is 319 g/mol. The third-order valence-corrected chi connectivity index (χ3v) is 4.33. The summed E-state index contributed by atoms with van der Waals surface area (Å²) in [5, 5.41) is 11.7. The van der Waals surface area contributed by atoms with Gasteiger partial charge in [-0.15, -0.1) is 0 Å². The molecule has 1 saturated heterocycles. The Morgan fingerprint density at radius 3 is 2.29 bits per heavy atom. The molecule has 3 rings (SSSR count). The number of nitrogens with zero attached hydrogens (tertiary/aromatic N) is 2. The summed E-state index contributed by atoms with van der Waals surface area (Å²) in [5.41, 5.74) is 2.07. The molecular weight excluding hydrogens is 302 g/mol. The fraction of sp³-hybridized carbons (Fsp3) is 0.211. The van der Waals surface area contributed by atoms with Crippen molar-refractivity contribution in [2.24, 2.45) is 0 Å². The van der Waals surface area contributed by atoms with Gasteiger partial charge in [-0.2, -0.15) is 5.26 Å². The van der Waals surface area contributed by atoms with Crippen molar-refractivity contribution >= 4 is 11.9 Å². The SMILES string of the molecule is Cc1ccc(CN2C(=O)N[C@@](C)(c3ccc(C#N)cc3)C2=O)cc1. The number of carbonyl (C=O) groups is 2. The van der Waals surface area contributed by atoms with Gasteiger partial charge in [-0.1, -0.05) is 42.0 Å². The number of imide groups is 1. The molecule has 3 amide bonds. The highest BCUT2D eigenvalue weighted by Crippen LogP contribution is 2.30. The molecule has 5 heteroatoms. The van der Waals surface area contributed by atoms with Crippen LogP contribution < -0.4 is 5.32 Å². The number of amides is 3. The largest absolute Gasteiger partial charge is 0.325 e. The van der Waals surface area contributed by atoms with Gasteiger partial charge in [0, 0.05) is 0 Å². The first kappa shape index (κ1) is 15.8. The molecule has 1 aliphatic heterocycles. The van der Waals surface area contributed by atoms with E-state index in [9.17, 15) is 9.59 Å². The maximum Gasteiger partial charge on any atom is 0.325 e. The maximum atomic E-state index is 12.8. The van der Waals surface area contributed by atoms with Gasteiger partial charge in [0.2, 0.25) is 0 Å². The van der Waals surface area contributed by atoms with Gasteiger partial charge in [-0.05, 0) is 37.1 Å². The van der Waals surface area contributed by atoms with Gasteiger partial charge in [-0.3, -0.25) is 9.69 Å². The van der Waals surface area contributed by atoms with Crippen LogP contribution in [0.25, 0.3) is 0 Å². The van der Waals surface area contributed by atoms with Crippen molar-refractivity contribution in [2.45, 2.75) is 25.9 Å². The molecule has 2 aromatic carbocycles. The summed E-state index contributed by atoms with van der Waals surface area (Å²) in [6.07, 6.45) is 0.